The van der Waals surface area contributed by atoms with E-state index in [2.05, 4.69) is 5.32 Å². The van der Waals surface area contributed by atoms with E-state index in [1.54, 1.807) is 0 Å². The average molecular weight is 264 g/mol. The molecule has 0 aliphatic carbocycles. The smallest absolute Gasteiger partial charge is 0.324 e. The van der Waals surface area contributed by atoms with E-state index < -0.39 is 10.8 Å². The van der Waals surface area contributed by atoms with Crippen LogP contribution in [0.4, 0.5) is 10.7 Å². The second kappa shape index (κ2) is 4.84. The number of carbonyl (C=O) groups is 1. The highest BCUT2D eigenvalue weighted by atomic mass is 32.1. The molecule has 0 fully saturated rings. The Morgan fingerprint density at radius 2 is 1.89 bits per heavy atom. The van der Waals surface area contributed by atoms with E-state index in [4.69, 9.17) is 5.11 Å². The molecule has 1 aromatic heterocycles. The van der Waals surface area contributed by atoms with Gasteiger partial charge in [0.2, 0.25) is 0 Å². The molecular formula is C11H8N2O4S. The standard InChI is InChI=1S/C11H8N2O4S/c14-8-3-1-7(2-4-8)12-11(15)9-5-6-10(18-9)13(16)17/h1-6,14H,(H,12,15). The van der Waals surface area contributed by atoms with Crippen LogP contribution in [0.3, 0.4) is 0 Å². The van der Waals surface area contributed by atoms with Gasteiger partial charge in [-0.25, -0.2) is 0 Å². The predicted octanol–water partition coefficient (Wildman–Crippen LogP) is 2.61. The van der Waals surface area contributed by atoms with Gasteiger partial charge in [-0.15, -0.1) is 0 Å². The van der Waals surface area contributed by atoms with Crippen LogP contribution >= 0.6 is 11.3 Å². The molecule has 2 aromatic rings. The van der Waals surface area contributed by atoms with Crippen molar-refractivity contribution in [1.29, 1.82) is 0 Å². The summed E-state index contributed by atoms with van der Waals surface area (Å²) in [5.41, 5.74) is 0.508. The molecule has 2 N–H and O–H groups in total. The number of phenols is 1. The van der Waals surface area contributed by atoms with Crippen LogP contribution in [0.5, 0.6) is 5.75 Å². The maximum Gasteiger partial charge on any atom is 0.324 e. The van der Waals surface area contributed by atoms with Crippen molar-refractivity contribution < 1.29 is 14.8 Å². The van der Waals surface area contributed by atoms with Crippen molar-refractivity contribution in [2.24, 2.45) is 0 Å². The Bertz CT molecular complexity index is 591. The fourth-order valence-corrected chi connectivity index (χ4v) is 2.00. The third-order valence-corrected chi connectivity index (χ3v) is 3.16. The summed E-state index contributed by atoms with van der Waals surface area (Å²) in [5, 5.41) is 22.1. The molecule has 6 nitrogen and oxygen atoms in total. The van der Waals surface area contributed by atoms with E-state index in [-0.39, 0.29) is 15.6 Å². The molecule has 0 bridgehead atoms. The Hall–Kier alpha value is -2.41. The minimum atomic E-state index is -0.540. The number of hydrogen-bond donors (Lipinski definition) is 2. The van der Waals surface area contributed by atoms with Gasteiger partial charge in [0.15, 0.2) is 0 Å². The van der Waals surface area contributed by atoms with Crippen LogP contribution in [0.1, 0.15) is 9.67 Å². The van der Waals surface area contributed by atoms with Crippen LogP contribution in [0, 0.1) is 10.1 Å². The first kappa shape index (κ1) is 12.1. The van der Waals surface area contributed by atoms with Gasteiger partial charge in [-0.05, 0) is 30.3 Å². The summed E-state index contributed by atoms with van der Waals surface area (Å²) in [4.78, 5) is 22.0. The normalized spacial score (nSPS) is 10.0. The van der Waals surface area contributed by atoms with E-state index in [1.165, 1.54) is 36.4 Å². The van der Waals surface area contributed by atoms with Crippen LogP contribution in [-0.2, 0) is 0 Å². The van der Waals surface area contributed by atoms with E-state index in [1.807, 2.05) is 0 Å². The number of benzene rings is 1. The summed E-state index contributed by atoms with van der Waals surface area (Å²) in [6.45, 7) is 0. The first-order valence-corrected chi connectivity index (χ1v) is 5.72. The molecule has 1 aromatic carbocycles. The number of carbonyl (C=O) groups excluding carboxylic acids is 1. The maximum absolute atomic E-state index is 11.7. The lowest BCUT2D eigenvalue weighted by atomic mass is 10.3. The summed E-state index contributed by atoms with van der Waals surface area (Å²) in [6.07, 6.45) is 0. The van der Waals surface area contributed by atoms with Crippen LogP contribution in [0.25, 0.3) is 0 Å². The van der Waals surface area contributed by atoms with Gasteiger partial charge in [-0.1, -0.05) is 11.3 Å². The van der Waals surface area contributed by atoms with Gasteiger partial charge < -0.3 is 10.4 Å². The Kier molecular flexibility index (Phi) is 3.24. The Morgan fingerprint density at radius 1 is 1.22 bits per heavy atom. The number of nitrogens with zero attached hydrogens (tertiary/aromatic N) is 1. The average Bonchev–Trinajstić information content (AvgIpc) is 2.81. The fourth-order valence-electron chi connectivity index (χ4n) is 1.29. The van der Waals surface area contributed by atoms with Gasteiger partial charge in [0.05, 0.1) is 9.80 Å². The van der Waals surface area contributed by atoms with E-state index in [0.29, 0.717) is 5.69 Å². The lowest BCUT2D eigenvalue weighted by Crippen LogP contribution is -2.09. The summed E-state index contributed by atoms with van der Waals surface area (Å²) < 4.78 is 0. The second-order valence-electron chi connectivity index (χ2n) is 3.40. The van der Waals surface area contributed by atoms with Gasteiger partial charge in [0, 0.05) is 11.8 Å². The Labute approximate surface area is 106 Å². The molecule has 7 heteroatoms. The van der Waals surface area contributed by atoms with Crippen molar-refractivity contribution >= 4 is 27.9 Å². The zero-order chi connectivity index (χ0) is 13.1. The Balaban J connectivity index is 2.11. The van der Waals surface area contributed by atoms with E-state index in [0.717, 1.165) is 11.3 Å². The van der Waals surface area contributed by atoms with Gasteiger partial charge in [-0.3, -0.25) is 14.9 Å². The summed E-state index contributed by atoms with van der Waals surface area (Å²) in [7, 11) is 0. The number of aromatic hydroxyl groups is 1. The molecule has 92 valence electrons. The summed E-state index contributed by atoms with van der Waals surface area (Å²) in [6, 6.07) is 8.64. The molecule has 0 atom stereocenters. The zero-order valence-corrected chi connectivity index (χ0v) is 9.81. The summed E-state index contributed by atoms with van der Waals surface area (Å²) >= 11 is 0.811. The number of nitrogens with one attached hydrogen (secondary N) is 1. The predicted molar refractivity (Wildman–Crippen MR) is 67.0 cm³/mol. The highest BCUT2D eigenvalue weighted by Gasteiger charge is 2.15. The molecular weight excluding hydrogens is 256 g/mol. The van der Waals surface area contributed by atoms with Crippen molar-refractivity contribution in [3.05, 3.63) is 51.4 Å². The van der Waals surface area contributed by atoms with Gasteiger partial charge >= 0.3 is 5.00 Å². The lowest BCUT2D eigenvalue weighted by molar-refractivity contribution is -0.380. The maximum atomic E-state index is 11.7. The van der Waals surface area contributed by atoms with E-state index >= 15 is 0 Å². The molecule has 1 heterocycles. The summed E-state index contributed by atoms with van der Waals surface area (Å²) in [5.74, 6) is -0.321. The monoisotopic (exact) mass is 264 g/mol. The first-order chi connectivity index (χ1) is 8.56. The highest BCUT2D eigenvalue weighted by Crippen LogP contribution is 2.25. The number of nitro groups is 1. The molecule has 0 aliphatic heterocycles. The molecule has 0 saturated carbocycles. The first-order valence-electron chi connectivity index (χ1n) is 4.91. The molecule has 1 amide bonds. The van der Waals surface area contributed by atoms with E-state index in [9.17, 15) is 14.9 Å². The zero-order valence-electron chi connectivity index (χ0n) is 8.99. The Morgan fingerprint density at radius 3 is 2.44 bits per heavy atom. The number of phenolic OH excluding ortho intramolecular Hbond substituents is 1. The van der Waals surface area contributed by atoms with Gasteiger partial charge in [0.1, 0.15) is 5.75 Å². The third kappa shape index (κ3) is 2.64. The van der Waals surface area contributed by atoms with Crippen LogP contribution < -0.4 is 5.32 Å². The topological polar surface area (TPSA) is 92.5 Å². The van der Waals surface area contributed by atoms with Crippen molar-refractivity contribution in [3.63, 3.8) is 0 Å². The van der Waals surface area contributed by atoms with Crippen LogP contribution in [0.15, 0.2) is 36.4 Å². The SMILES string of the molecule is O=C(Nc1ccc(O)cc1)c1ccc([N+](=O)[O-])s1. The van der Waals surface area contributed by atoms with Crippen molar-refractivity contribution in [1.82, 2.24) is 0 Å². The van der Waals surface area contributed by atoms with Gasteiger partial charge in [-0.2, -0.15) is 0 Å². The van der Waals surface area contributed by atoms with Crippen LogP contribution in [-0.4, -0.2) is 15.9 Å². The minimum Gasteiger partial charge on any atom is -0.508 e. The van der Waals surface area contributed by atoms with Crippen molar-refractivity contribution in [3.8, 4) is 5.75 Å². The second-order valence-corrected chi connectivity index (χ2v) is 4.46. The molecule has 0 aliphatic rings. The van der Waals surface area contributed by atoms with Crippen molar-refractivity contribution in [2.75, 3.05) is 5.32 Å². The third-order valence-electron chi connectivity index (χ3n) is 2.12. The molecule has 18 heavy (non-hydrogen) atoms. The van der Waals surface area contributed by atoms with Gasteiger partial charge in [0.25, 0.3) is 5.91 Å². The quantitative estimate of drug-likeness (QED) is 0.506. The molecule has 0 saturated heterocycles. The number of rotatable bonds is 3. The van der Waals surface area contributed by atoms with Crippen molar-refractivity contribution in [2.45, 2.75) is 0 Å². The molecule has 0 unspecified atom stereocenters. The highest BCUT2D eigenvalue weighted by molar-refractivity contribution is 7.17. The lowest BCUT2D eigenvalue weighted by Gasteiger charge is -2.02. The number of hydrogen-bond acceptors (Lipinski definition) is 5. The molecule has 2 rings (SSSR count). The fraction of sp³-hybridized carbons (Fsp3) is 0. The number of anilines is 1. The minimum absolute atomic E-state index is 0.0779. The molecule has 0 spiro atoms. The number of amides is 1. The van der Waals surface area contributed by atoms with Crippen LogP contribution in [0.2, 0.25) is 0 Å². The largest absolute Gasteiger partial charge is 0.508 e. The molecule has 0 radical (unpaired) electrons. The number of thiophene rings is 1.